The first-order valence-corrected chi connectivity index (χ1v) is 11.0. The molecule has 0 aliphatic carbocycles. The van der Waals surface area contributed by atoms with Gasteiger partial charge >= 0.3 is 0 Å². The van der Waals surface area contributed by atoms with E-state index in [4.69, 9.17) is 9.59 Å². The molecule has 0 radical (unpaired) electrons. The molecule has 0 aliphatic heterocycles. The molecule has 0 saturated heterocycles. The number of carbonyl (C=O) groups excluding carboxylic acids is 2. The summed E-state index contributed by atoms with van der Waals surface area (Å²) in [5.74, 6) is 0.748. The molecule has 0 fully saturated rings. The van der Waals surface area contributed by atoms with E-state index in [1.807, 2.05) is 32.0 Å². The highest BCUT2D eigenvalue weighted by Gasteiger charge is 2.09. The minimum atomic E-state index is 0.542. The molecule has 1 aromatic heterocycles. The molecule has 1 heterocycles. The minimum Gasteiger partial charge on any atom is -0.307 e. The average Bonchev–Trinajstić information content (AvgIpc) is 2.75. The van der Waals surface area contributed by atoms with Crippen LogP contribution < -0.4 is 0 Å². The van der Waals surface area contributed by atoms with E-state index in [9.17, 15) is 0 Å². The number of allylic oxidation sites excluding steroid dienone is 1. The Morgan fingerprint density at radius 3 is 2.03 bits per heavy atom. The Kier molecular flexibility index (Phi) is 24.8. The molecule has 29 heavy (non-hydrogen) atoms. The summed E-state index contributed by atoms with van der Waals surface area (Å²) in [6.45, 7) is 21.8. The van der Waals surface area contributed by atoms with Crippen LogP contribution in [-0.2, 0) is 16.0 Å². The third kappa shape index (κ3) is 22.4. The second-order valence-electron chi connectivity index (χ2n) is 8.39. The predicted octanol–water partition coefficient (Wildman–Crippen LogP) is 7.64. The van der Waals surface area contributed by atoms with Crippen LogP contribution in [-0.4, -0.2) is 18.6 Å². The number of unbranched alkanes of at least 4 members (excludes halogenated alkanes) is 2. The SMILES string of the molecule is C=C(CCCCc1cccnc1)C(CC)CCCC.C=O.C=O.CCC(C)(C)C. The molecule has 0 spiro atoms. The van der Waals surface area contributed by atoms with Crippen LogP contribution in [0.4, 0.5) is 0 Å². The summed E-state index contributed by atoms with van der Waals surface area (Å²) in [6.07, 6.45) is 15.2. The largest absolute Gasteiger partial charge is 0.307 e. The summed E-state index contributed by atoms with van der Waals surface area (Å²) in [4.78, 5) is 20.2. The molecule has 1 atom stereocenters. The number of carbonyl (C=O) groups is 2. The van der Waals surface area contributed by atoms with Gasteiger partial charge in [0.15, 0.2) is 0 Å². The Hall–Kier alpha value is -1.77. The molecular formula is C26H47NO2. The Labute approximate surface area is 181 Å². The number of rotatable bonds is 10. The summed E-state index contributed by atoms with van der Waals surface area (Å²) >= 11 is 0. The van der Waals surface area contributed by atoms with Gasteiger partial charge < -0.3 is 9.59 Å². The second-order valence-corrected chi connectivity index (χ2v) is 8.39. The lowest BCUT2D eigenvalue weighted by molar-refractivity contribution is -0.0987. The summed E-state index contributed by atoms with van der Waals surface area (Å²) in [5, 5.41) is 0. The van der Waals surface area contributed by atoms with Crippen molar-refractivity contribution in [1.82, 2.24) is 4.98 Å². The van der Waals surface area contributed by atoms with Crippen molar-refractivity contribution >= 4 is 13.6 Å². The van der Waals surface area contributed by atoms with E-state index in [1.165, 1.54) is 62.5 Å². The maximum Gasteiger partial charge on any atom is 0.106 e. The fraction of sp³-hybridized carbons (Fsp3) is 0.654. The van der Waals surface area contributed by atoms with Crippen molar-refractivity contribution in [2.24, 2.45) is 11.3 Å². The molecule has 0 amide bonds. The average molecular weight is 406 g/mol. The van der Waals surface area contributed by atoms with E-state index < -0.39 is 0 Å². The lowest BCUT2D eigenvalue weighted by Crippen LogP contribution is -2.02. The smallest absolute Gasteiger partial charge is 0.106 e. The maximum absolute atomic E-state index is 8.00. The first-order chi connectivity index (χ1) is 13.8. The number of nitrogens with zero attached hydrogens (tertiary/aromatic N) is 1. The van der Waals surface area contributed by atoms with Gasteiger partial charge in [0.05, 0.1) is 0 Å². The van der Waals surface area contributed by atoms with Gasteiger partial charge in [0.1, 0.15) is 13.6 Å². The van der Waals surface area contributed by atoms with Crippen molar-refractivity contribution in [2.45, 2.75) is 99.3 Å². The number of hydrogen-bond acceptors (Lipinski definition) is 3. The highest BCUT2D eigenvalue weighted by atomic mass is 16.1. The highest BCUT2D eigenvalue weighted by Crippen LogP contribution is 2.24. The molecule has 3 heteroatoms. The Balaban J connectivity index is -0.000000570. The van der Waals surface area contributed by atoms with Crippen LogP contribution in [0.3, 0.4) is 0 Å². The number of aryl methyl sites for hydroxylation is 1. The van der Waals surface area contributed by atoms with Crippen molar-refractivity contribution in [3.05, 3.63) is 42.2 Å². The summed E-state index contributed by atoms with van der Waals surface area (Å²) in [6, 6.07) is 4.18. The molecule has 0 N–H and O–H groups in total. The van der Waals surface area contributed by atoms with Crippen LogP contribution in [0, 0.1) is 11.3 Å². The van der Waals surface area contributed by atoms with Gasteiger partial charge in [-0.2, -0.15) is 0 Å². The van der Waals surface area contributed by atoms with Crippen molar-refractivity contribution in [3.8, 4) is 0 Å². The van der Waals surface area contributed by atoms with Crippen LogP contribution in [0.1, 0.15) is 98.5 Å². The van der Waals surface area contributed by atoms with Crippen molar-refractivity contribution in [2.75, 3.05) is 0 Å². The third-order valence-corrected chi connectivity index (χ3v) is 4.97. The second kappa shape index (κ2) is 22.5. The molecular weight excluding hydrogens is 358 g/mol. The van der Waals surface area contributed by atoms with Crippen LogP contribution in [0.2, 0.25) is 0 Å². The van der Waals surface area contributed by atoms with Crippen LogP contribution >= 0.6 is 0 Å². The lowest BCUT2D eigenvalue weighted by atomic mass is 9.89. The topological polar surface area (TPSA) is 47.0 Å². The zero-order valence-corrected chi connectivity index (χ0v) is 20.1. The van der Waals surface area contributed by atoms with Crippen LogP contribution in [0.5, 0.6) is 0 Å². The van der Waals surface area contributed by atoms with Gasteiger partial charge in [0.25, 0.3) is 0 Å². The van der Waals surface area contributed by atoms with E-state index in [2.05, 4.69) is 59.2 Å². The van der Waals surface area contributed by atoms with E-state index in [0.717, 1.165) is 12.3 Å². The lowest BCUT2D eigenvalue weighted by Gasteiger charge is -2.17. The fourth-order valence-electron chi connectivity index (χ4n) is 2.58. The standard InChI is InChI=1S/C18H29N.C6H14.2CH2O/c1-4-6-13-18(5-2)16(3)10-7-8-11-17-12-9-14-19-15-17;1-5-6(2,3)4;2*1-2/h9,12,14-15,18H,3-8,10-11,13H2,1-2H3;5H2,1-4H3;2*1H2. The van der Waals surface area contributed by atoms with Crippen molar-refractivity contribution < 1.29 is 9.59 Å². The normalized spacial score (nSPS) is 10.8. The third-order valence-electron chi connectivity index (χ3n) is 4.97. The number of hydrogen-bond donors (Lipinski definition) is 0. The van der Waals surface area contributed by atoms with Gasteiger partial charge in [-0.1, -0.05) is 79.0 Å². The number of aromatic nitrogens is 1. The first-order valence-electron chi connectivity index (χ1n) is 11.0. The first kappa shape index (κ1) is 31.9. The molecule has 1 aromatic rings. The molecule has 0 bridgehead atoms. The molecule has 1 unspecified atom stereocenters. The van der Waals surface area contributed by atoms with Gasteiger partial charge in [0.2, 0.25) is 0 Å². The Morgan fingerprint density at radius 1 is 1.03 bits per heavy atom. The van der Waals surface area contributed by atoms with Crippen LogP contribution in [0.15, 0.2) is 36.7 Å². The molecule has 0 aromatic carbocycles. The van der Waals surface area contributed by atoms with Gasteiger partial charge in [-0.3, -0.25) is 4.98 Å². The van der Waals surface area contributed by atoms with Crippen molar-refractivity contribution in [1.29, 1.82) is 0 Å². The predicted molar refractivity (Wildman–Crippen MR) is 128 cm³/mol. The van der Waals surface area contributed by atoms with E-state index in [1.54, 1.807) is 0 Å². The van der Waals surface area contributed by atoms with E-state index in [-0.39, 0.29) is 0 Å². The molecule has 0 saturated carbocycles. The molecule has 3 nitrogen and oxygen atoms in total. The summed E-state index contributed by atoms with van der Waals surface area (Å²) in [7, 11) is 0. The Morgan fingerprint density at radius 2 is 1.62 bits per heavy atom. The van der Waals surface area contributed by atoms with Crippen molar-refractivity contribution in [3.63, 3.8) is 0 Å². The number of pyridine rings is 1. The maximum atomic E-state index is 8.00. The highest BCUT2D eigenvalue weighted by molar-refractivity contribution is 5.11. The van der Waals surface area contributed by atoms with Gasteiger partial charge in [0, 0.05) is 12.4 Å². The zero-order chi connectivity index (χ0) is 23.1. The fourth-order valence-corrected chi connectivity index (χ4v) is 2.58. The monoisotopic (exact) mass is 405 g/mol. The molecule has 1 rings (SSSR count). The summed E-state index contributed by atoms with van der Waals surface area (Å²) < 4.78 is 0. The van der Waals surface area contributed by atoms with E-state index in [0.29, 0.717) is 5.41 Å². The Bertz CT molecular complexity index is 463. The van der Waals surface area contributed by atoms with Crippen LogP contribution in [0.25, 0.3) is 0 Å². The van der Waals surface area contributed by atoms with E-state index >= 15 is 0 Å². The zero-order valence-electron chi connectivity index (χ0n) is 20.1. The summed E-state index contributed by atoms with van der Waals surface area (Å²) in [5.41, 5.74) is 3.37. The van der Waals surface area contributed by atoms with Gasteiger partial charge in [-0.25, -0.2) is 0 Å². The quantitative estimate of drug-likeness (QED) is 0.297. The molecule has 168 valence electrons. The minimum absolute atomic E-state index is 0.542. The van der Waals surface area contributed by atoms with Gasteiger partial charge in [-0.15, -0.1) is 0 Å². The molecule has 0 aliphatic rings. The van der Waals surface area contributed by atoms with Gasteiger partial charge in [-0.05, 0) is 61.5 Å².